The lowest BCUT2D eigenvalue weighted by Crippen LogP contribution is -2.45. The number of amides is 1. The van der Waals surface area contributed by atoms with Crippen LogP contribution in [-0.2, 0) is 21.2 Å². The first-order valence-corrected chi connectivity index (χ1v) is 14.0. The second-order valence-corrected chi connectivity index (χ2v) is 11.2. The molecule has 0 fully saturated rings. The van der Waals surface area contributed by atoms with Gasteiger partial charge in [-0.15, -0.1) is 0 Å². The lowest BCUT2D eigenvalue weighted by atomic mass is 10.1. The molecule has 190 valence electrons. The van der Waals surface area contributed by atoms with Crippen LogP contribution < -0.4 is 14.8 Å². The Balaban J connectivity index is 1.60. The Bertz CT molecular complexity index is 1460. The SMILES string of the molecule is COc1ccc(S(=O)(=O)N[C@H](Cc2ccccc2)C(=O)Nc2ccccc2Sc2ccccc2)cc1C. The highest BCUT2D eigenvalue weighted by molar-refractivity contribution is 7.99. The Morgan fingerprint density at radius 3 is 2.22 bits per heavy atom. The molecule has 37 heavy (non-hydrogen) atoms. The van der Waals surface area contributed by atoms with E-state index in [9.17, 15) is 13.2 Å². The number of para-hydroxylation sites is 1. The van der Waals surface area contributed by atoms with Crippen molar-refractivity contribution in [2.45, 2.75) is 34.1 Å². The van der Waals surface area contributed by atoms with E-state index < -0.39 is 22.0 Å². The van der Waals surface area contributed by atoms with E-state index in [1.54, 1.807) is 13.0 Å². The zero-order valence-electron chi connectivity index (χ0n) is 20.5. The highest BCUT2D eigenvalue weighted by Gasteiger charge is 2.27. The molecule has 2 N–H and O–H groups in total. The van der Waals surface area contributed by atoms with Crippen LogP contribution in [0.15, 0.2) is 118 Å². The van der Waals surface area contributed by atoms with Crippen molar-refractivity contribution in [2.75, 3.05) is 12.4 Å². The summed E-state index contributed by atoms with van der Waals surface area (Å²) in [6, 6.07) is 30.2. The maximum absolute atomic E-state index is 13.5. The number of benzene rings is 4. The van der Waals surface area contributed by atoms with Crippen molar-refractivity contribution in [1.82, 2.24) is 4.72 Å². The van der Waals surface area contributed by atoms with Gasteiger partial charge in [0.1, 0.15) is 11.8 Å². The van der Waals surface area contributed by atoms with Crippen LogP contribution in [0.25, 0.3) is 0 Å². The summed E-state index contributed by atoms with van der Waals surface area (Å²) in [4.78, 5) is 15.5. The van der Waals surface area contributed by atoms with Crippen molar-refractivity contribution in [3.63, 3.8) is 0 Å². The van der Waals surface area contributed by atoms with Crippen LogP contribution >= 0.6 is 11.8 Å². The maximum atomic E-state index is 13.5. The van der Waals surface area contributed by atoms with Gasteiger partial charge in [-0.3, -0.25) is 4.79 Å². The number of aryl methyl sites for hydroxylation is 1. The van der Waals surface area contributed by atoms with Crippen molar-refractivity contribution in [2.24, 2.45) is 0 Å². The lowest BCUT2D eigenvalue weighted by molar-refractivity contribution is -0.117. The van der Waals surface area contributed by atoms with Gasteiger partial charge >= 0.3 is 0 Å². The Kier molecular flexibility index (Phi) is 8.66. The summed E-state index contributed by atoms with van der Waals surface area (Å²) in [5, 5.41) is 2.95. The Morgan fingerprint density at radius 1 is 0.892 bits per heavy atom. The molecule has 0 aromatic heterocycles. The fraction of sp³-hybridized carbons (Fsp3) is 0.138. The van der Waals surface area contributed by atoms with Crippen LogP contribution in [0.2, 0.25) is 0 Å². The van der Waals surface area contributed by atoms with Crippen molar-refractivity contribution >= 4 is 33.4 Å². The van der Waals surface area contributed by atoms with Gasteiger partial charge in [0.05, 0.1) is 17.7 Å². The van der Waals surface area contributed by atoms with E-state index in [0.29, 0.717) is 17.0 Å². The van der Waals surface area contributed by atoms with Crippen LogP contribution in [0.5, 0.6) is 5.75 Å². The molecule has 8 heteroatoms. The van der Waals surface area contributed by atoms with Gasteiger partial charge in [-0.25, -0.2) is 8.42 Å². The quantitative estimate of drug-likeness (QED) is 0.274. The third-order valence-electron chi connectivity index (χ3n) is 5.69. The van der Waals surface area contributed by atoms with Gasteiger partial charge in [0.25, 0.3) is 0 Å². The summed E-state index contributed by atoms with van der Waals surface area (Å²) in [7, 11) is -2.46. The van der Waals surface area contributed by atoms with Crippen molar-refractivity contribution in [3.05, 3.63) is 114 Å². The molecular weight excluding hydrogens is 504 g/mol. The first-order valence-electron chi connectivity index (χ1n) is 11.7. The minimum atomic E-state index is -3.99. The third-order valence-corrected chi connectivity index (χ3v) is 8.24. The van der Waals surface area contributed by atoms with E-state index in [-0.39, 0.29) is 11.3 Å². The minimum absolute atomic E-state index is 0.0664. The zero-order chi connectivity index (χ0) is 26.3. The molecular formula is C29H28N2O4S2. The van der Waals surface area contributed by atoms with Crippen LogP contribution in [0.1, 0.15) is 11.1 Å². The molecule has 0 saturated heterocycles. The molecule has 4 aromatic rings. The second kappa shape index (κ2) is 12.1. The van der Waals surface area contributed by atoms with Gasteiger partial charge in [-0.1, -0.05) is 72.4 Å². The first-order chi connectivity index (χ1) is 17.9. The number of anilines is 1. The standard InChI is InChI=1S/C29H28N2O4S2/c1-21-19-24(17-18-27(21)35-2)37(33,34)31-26(20-22-11-5-3-6-12-22)29(32)30-25-15-9-10-16-28(25)36-23-13-7-4-8-14-23/h3-19,26,31H,20H2,1-2H3,(H,30,32)/t26-/m1/s1. The number of ether oxygens (including phenoxy) is 1. The Hall–Kier alpha value is -3.59. The van der Waals surface area contributed by atoms with Gasteiger partial charge in [0.2, 0.25) is 15.9 Å². The number of carbonyl (C=O) groups excluding carboxylic acids is 1. The molecule has 0 bridgehead atoms. The predicted octanol–water partition coefficient (Wildman–Crippen LogP) is 5.68. The van der Waals surface area contributed by atoms with Gasteiger partial charge in [0, 0.05) is 9.79 Å². The number of rotatable bonds is 10. The molecule has 0 saturated carbocycles. The molecule has 0 unspecified atom stereocenters. The van der Waals surface area contributed by atoms with Crippen molar-refractivity contribution in [3.8, 4) is 5.75 Å². The first kappa shape index (κ1) is 26.5. The van der Waals surface area contributed by atoms with E-state index in [1.807, 2.05) is 84.9 Å². The highest BCUT2D eigenvalue weighted by atomic mass is 32.2. The number of sulfonamides is 1. The van der Waals surface area contributed by atoms with Crippen LogP contribution in [0.3, 0.4) is 0 Å². The predicted molar refractivity (Wildman–Crippen MR) is 148 cm³/mol. The van der Waals surface area contributed by atoms with Crippen molar-refractivity contribution in [1.29, 1.82) is 0 Å². The molecule has 0 aliphatic heterocycles. The number of carbonyl (C=O) groups is 1. The van der Waals surface area contributed by atoms with E-state index in [2.05, 4.69) is 10.0 Å². The number of hydrogen-bond donors (Lipinski definition) is 2. The summed E-state index contributed by atoms with van der Waals surface area (Å²) in [5.41, 5.74) is 2.13. The molecule has 0 heterocycles. The van der Waals surface area contributed by atoms with Crippen LogP contribution in [-0.4, -0.2) is 27.5 Å². The van der Waals surface area contributed by atoms with E-state index in [0.717, 1.165) is 15.4 Å². The molecule has 0 spiro atoms. The van der Waals surface area contributed by atoms with Gasteiger partial charge in [0.15, 0.2) is 0 Å². The van der Waals surface area contributed by atoms with E-state index in [1.165, 1.54) is 31.0 Å². The molecule has 4 aromatic carbocycles. The average Bonchev–Trinajstić information content (AvgIpc) is 2.90. The van der Waals surface area contributed by atoms with Crippen molar-refractivity contribution < 1.29 is 17.9 Å². The van der Waals surface area contributed by atoms with Gasteiger partial charge < -0.3 is 10.1 Å². The summed E-state index contributed by atoms with van der Waals surface area (Å²) in [5.74, 6) is 0.142. The zero-order valence-corrected chi connectivity index (χ0v) is 22.2. The normalized spacial score (nSPS) is 12.1. The van der Waals surface area contributed by atoms with Crippen LogP contribution in [0, 0.1) is 6.92 Å². The average molecular weight is 533 g/mol. The molecule has 0 radical (unpaired) electrons. The summed E-state index contributed by atoms with van der Waals surface area (Å²) >= 11 is 1.52. The number of hydrogen-bond acceptors (Lipinski definition) is 5. The van der Waals surface area contributed by atoms with Crippen LogP contribution in [0.4, 0.5) is 5.69 Å². The topological polar surface area (TPSA) is 84.5 Å². The molecule has 4 rings (SSSR count). The number of methoxy groups -OCH3 is 1. The summed E-state index contributed by atoms with van der Waals surface area (Å²) in [6.45, 7) is 1.77. The van der Waals surface area contributed by atoms with E-state index >= 15 is 0 Å². The smallest absolute Gasteiger partial charge is 0.242 e. The molecule has 1 amide bonds. The van der Waals surface area contributed by atoms with E-state index in [4.69, 9.17) is 4.74 Å². The molecule has 0 aliphatic carbocycles. The highest BCUT2D eigenvalue weighted by Crippen LogP contribution is 2.33. The van der Waals surface area contributed by atoms with Gasteiger partial charge in [-0.05, 0) is 66.9 Å². The molecule has 0 aliphatic rings. The Labute approximate surface area is 222 Å². The lowest BCUT2D eigenvalue weighted by Gasteiger charge is -2.20. The fourth-order valence-electron chi connectivity index (χ4n) is 3.81. The minimum Gasteiger partial charge on any atom is -0.496 e. The monoisotopic (exact) mass is 532 g/mol. The summed E-state index contributed by atoms with van der Waals surface area (Å²) in [6.07, 6.45) is 0.190. The van der Waals surface area contributed by atoms with Gasteiger partial charge in [-0.2, -0.15) is 4.72 Å². The molecule has 6 nitrogen and oxygen atoms in total. The summed E-state index contributed by atoms with van der Waals surface area (Å²) < 4.78 is 34.5. The largest absolute Gasteiger partial charge is 0.496 e. The maximum Gasteiger partial charge on any atom is 0.242 e. The molecule has 1 atom stereocenters. The Morgan fingerprint density at radius 2 is 1.54 bits per heavy atom. The third kappa shape index (κ3) is 7.01. The second-order valence-electron chi connectivity index (χ2n) is 8.40. The number of nitrogens with one attached hydrogen (secondary N) is 2. The fourth-order valence-corrected chi connectivity index (χ4v) is 6.01.